The van der Waals surface area contributed by atoms with Crippen LogP contribution in [-0.2, 0) is 4.79 Å². The Kier molecular flexibility index (Phi) is 4.60. The Morgan fingerprint density at radius 2 is 2.00 bits per heavy atom. The minimum atomic E-state index is -0.0889. The van der Waals surface area contributed by atoms with E-state index in [1.165, 1.54) is 16.0 Å². The third-order valence-corrected chi connectivity index (χ3v) is 5.06. The van der Waals surface area contributed by atoms with Gasteiger partial charge in [-0.15, -0.1) is 11.3 Å². The molecule has 22 heavy (non-hydrogen) atoms. The van der Waals surface area contributed by atoms with Crippen molar-refractivity contribution < 1.29 is 10.1 Å². The van der Waals surface area contributed by atoms with E-state index in [-0.39, 0.29) is 18.0 Å². The summed E-state index contributed by atoms with van der Waals surface area (Å²) in [5, 5.41) is 7.37. The number of benzene rings is 1. The Morgan fingerprint density at radius 1 is 1.27 bits per heavy atom. The first-order chi connectivity index (χ1) is 10.6. The van der Waals surface area contributed by atoms with Gasteiger partial charge >= 0.3 is 0 Å². The second kappa shape index (κ2) is 6.63. The number of amides is 1. The Bertz CT molecular complexity index is 617. The van der Waals surface area contributed by atoms with E-state index < -0.39 is 0 Å². The van der Waals surface area contributed by atoms with E-state index in [1.807, 2.05) is 6.92 Å². The monoisotopic (exact) mass is 315 g/mol. The lowest BCUT2D eigenvalue weighted by Crippen LogP contribution is -2.92. The summed E-state index contributed by atoms with van der Waals surface area (Å²) in [5.41, 5.74) is 2.51. The Labute approximate surface area is 135 Å². The normalized spacial score (nSPS) is 17.0. The molecule has 1 saturated carbocycles. The average molecular weight is 315 g/mol. The molecule has 3 nitrogen and oxygen atoms in total. The van der Waals surface area contributed by atoms with E-state index in [1.54, 1.807) is 11.3 Å². The van der Waals surface area contributed by atoms with Crippen molar-refractivity contribution in [1.82, 2.24) is 5.32 Å². The highest BCUT2D eigenvalue weighted by molar-refractivity contribution is 7.10. The number of hydrogen-bond acceptors (Lipinski definition) is 2. The molecule has 1 fully saturated rings. The second-order valence-electron chi connectivity index (χ2n) is 6.17. The highest BCUT2D eigenvalue weighted by atomic mass is 32.1. The van der Waals surface area contributed by atoms with Crippen molar-refractivity contribution in [3.05, 3.63) is 57.8 Å². The maximum Gasteiger partial charge on any atom is 0.278 e. The summed E-state index contributed by atoms with van der Waals surface area (Å²) in [6.07, 6.45) is 2.26. The minimum Gasteiger partial charge on any atom is -0.348 e. The van der Waals surface area contributed by atoms with Crippen molar-refractivity contribution in [2.75, 3.05) is 0 Å². The van der Waals surface area contributed by atoms with Crippen molar-refractivity contribution in [3.8, 4) is 0 Å². The Hall–Kier alpha value is -1.65. The largest absolute Gasteiger partial charge is 0.348 e. The molecule has 0 bridgehead atoms. The van der Waals surface area contributed by atoms with Crippen LogP contribution in [0.5, 0.6) is 0 Å². The molecular formula is C18H23N2OS+. The number of rotatable bonds is 6. The van der Waals surface area contributed by atoms with Crippen LogP contribution >= 0.6 is 11.3 Å². The molecule has 0 saturated heterocycles. The van der Waals surface area contributed by atoms with E-state index in [4.69, 9.17) is 0 Å². The average Bonchev–Trinajstić information content (AvgIpc) is 3.16. The first-order valence-corrected chi connectivity index (χ1v) is 8.77. The van der Waals surface area contributed by atoms with Gasteiger partial charge in [0.05, 0.1) is 4.88 Å². The van der Waals surface area contributed by atoms with Crippen molar-refractivity contribution in [2.45, 2.75) is 44.8 Å². The SMILES string of the molecule is Cc1ccc([C@H]([NH2+][C@H](C)C(=O)NC2CC2)c2cccs2)cc1. The van der Waals surface area contributed by atoms with Crippen molar-refractivity contribution >= 4 is 17.2 Å². The Balaban J connectivity index is 1.76. The van der Waals surface area contributed by atoms with E-state index in [2.05, 4.69) is 59.3 Å². The van der Waals surface area contributed by atoms with Gasteiger partial charge in [-0.25, -0.2) is 0 Å². The molecule has 1 aliphatic carbocycles. The molecule has 0 radical (unpaired) electrons. The molecule has 1 aromatic heterocycles. The first kappa shape index (κ1) is 15.3. The molecule has 1 aliphatic rings. The number of quaternary nitrogens is 1. The van der Waals surface area contributed by atoms with Gasteiger partial charge in [0, 0.05) is 11.6 Å². The van der Waals surface area contributed by atoms with Gasteiger partial charge < -0.3 is 10.6 Å². The van der Waals surface area contributed by atoms with Crippen LogP contribution in [0.15, 0.2) is 41.8 Å². The standard InChI is InChI=1S/C18H22N2OS/c1-12-5-7-14(8-6-12)17(16-4-3-11-22-16)19-13(2)18(21)20-15-9-10-15/h3-8,11,13,15,17,19H,9-10H2,1-2H3,(H,20,21)/p+1/t13-,17+/m1/s1. The third-order valence-electron chi connectivity index (χ3n) is 4.10. The van der Waals surface area contributed by atoms with Crippen LogP contribution in [0.2, 0.25) is 0 Å². The lowest BCUT2D eigenvalue weighted by atomic mass is 10.0. The summed E-state index contributed by atoms with van der Waals surface area (Å²) in [5.74, 6) is 0.149. The van der Waals surface area contributed by atoms with Crippen LogP contribution in [0.3, 0.4) is 0 Å². The molecule has 116 valence electrons. The summed E-state index contributed by atoms with van der Waals surface area (Å²) in [6, 6.07) is 13.3. The summed E-state index contributed by atoms with van der Waals surface area (Å²) in [7, 11) is 0. The Morgan fingerprint density at radius 3 is 2.59 bits per heavy atom. The zero-order valence-corrected chi connectivity index (χ0v) is 13.9. The molecule has 0 aliphatic heterocycles. The number of hydrogen-bond donors (Lipinski definition) is 2. The highest BCUT2D eigenvalue weighted by Gasteiger charge is 2.29. The van der Waals surface area contributed by atoms with E-state index in [0.29, 0.717) is 6.04 Å². The van der Waals surface area contributed by atoms with Gasteiger partial charge in [-0.2, -0.15) is 0 Å². The summed E-state index contributed by atoms with van der Waals surface area (Å²) in [6.45, 7) is 4.09. The van der Waals surface area contributed by atoms with Crippen LogP contribution in [-0.4, -0.2) is 18.0 Å². The fraction of sp³-hybridized carbons (Fsp3) is 0.389. The molecule has 0 unspecified atom stereocenters. The first-order valence-electron chi connectivity index (χ1n) is 7.89. The van der Waals surface area contributed by atoms with Crippen molar-refractivity contribution in [3.63, 3.8) is 0 Å². The number of carbonyl (C=O) groups excluding carboxylic acids is 1. The van der Waals surface area contributed by atoms with Crippen molar-refractivity contribution in [1.29, 1.82) is 0 Å². The quantitative estimate of drug-likeness (QED) is 0.845. The molecule has 3 N–H and O–H groups in total. The summed E-state index contributed by atoms with van der Waals surface area (Å²) in [4.78, 5) is 13.5. The van der Waals surface area contributed by atoms with Crippen molar-refractivity contribution in [2.24, 2.45) is 0 Å². The molecule has 1 aromatic carbocycles. The zero-order chi connectivity index (χ0) is 15.5. The van der Waals surface area contributed by atoms with Gasteiger partial charge in [-0.05, 0) is 38.1 Å². The molecule has 2 atom stereocenters. The topological polar surface area (TPSA) is 45.7 Å². The predicted molar refractivity (Wildman–Crippen MR) is 89.9 cm³/mol. The van der Waals surface area contributed by atoms with Crippen LogP contribution in [0, 0.1) is 6.92 Å². The van der Waals surface area contributed by atoms with E-state index in [9.17, 15) is 4.79 Å². The van der Waals surface area contributed by atoms with E-state index in [0.717, 1.165) is 12.8 Å². The minimum absolute atomic E-state index is 0.0889. The number of aryl methyl sites for hydroxylation is 1. The van der Waals surface area contributed by atoms with E-state index >= 15 is 0 Å². The molecule has 2 aromatic rings. The van der Waals surface area contributed by atoms with Gasteiger partial charge in [0.25, 0.3) is 5.91 Å². The molecule has 0 spiro atoms. The van der Waals surface area contributed by atoms with Gasteiger partial charge in [-0.1, -0.05) is 35.9 Å². The predicted octanol–water partition coefficient (Wildman–Crippen LogP) is 2.38. The highest BCUT2D eigenvalue weighted by Crippen LogP contribution is 2.23. The lowest BCUT2D eigenvalue weighted by Gasteiger charge is -2.19. The second-order valence-corrected chi connectivity index (χ2v) is 7.15. The number of nitrogens with one attached hydrogen (secondary N) is 1. The molecule has 4 heteroatoms. The third kappa shape index (κ3) is 3.76. The lowest BCUT2D eigenvalue weighted by molar-refractivity contribution is -0.704. The maximum atomic E-state index is 12.2. The summed E-state index contributed by atoms with van der Waals surface area (Å²) >= 11 is 1.75. The fourth-order valence-corrected chi connectivity index (χ4v) is 3.38. The van der Waals surface area contributed by atoms with Gasteiger partial charge in [0.2, 0.25) is 0 Å². The van der Waals surface area contributed by atoms with Gasteiger partial charge in [-0.3, -0.25) is 4.79 Å². The number of thiophene rings is 1. The van der Waals surface area contributed by atoms with Gasteiger partial charge in [0.1, 0.15) is 6.04 Å². The molecule has 1 heterocycles. The molecule has 1 amide bonds. The van der Waals surface area contributed by atoms with Crippen LogP contribution in [0.4, 0.5) is 0 Å². The van der Waals surface area contributed by atoms with Crippen LogP contribution in [0.1, 0.15) is 41.8 Å². The summed E-state index contributed by atoms with van der Waals surface area (Å²) < 4.78 is 0. The van der Waals surface area contributed by atoms with Crippen LogP contribution < -0.4 is 10.6 Å². The molecular weight excluding hydrogens is 292 g/mol. The maximum absolute atomic E-state index is 12.2. The molecule has 3 rings (SSSR count). The van der Waals surface area contributed by atoms with Gasteiger partial charge in [0.15, 0.2) is 6.04 Å². The number of nitrogens with two attached hydrogens (primary N) is 1. The fourth-order valence-electron chi connectivity index (χ4n) is 2.55. The zero-order valence-electron chi connectivity index (χ0n) is 13.1. The number of carbonyl (C=O) groups is 1. The van der Waals surface area contributed by atoms with Crippen LogP contribution in [0.25, 0.3) is 0 Å². The smallest absolute Gasteiger partial charge is 0.278 e.